The van der Waals surface area contributed by atoms with Gasteiger partial charge in [-0.3, -0.25) is 9.20 Å². The van der Waals surface area contributed by atoms with Crippen molar-refractivity contribution in [2.24, 2.45) is 0 Å². The van der Waals surface area contributed by atoms with E-state index < -0.39 is 0 Å². The highest BCUT2D eigenvalue weighted by atomic mass is 16.5. The van der Waals surface area contributed by atoms with Crippen molar-refractivity contribution in [2.45, 2.75) is 26.8 Å². The number of aryl methyl sites for hydroxylation is 1. The number of esters is 1. The Morgan fingerprint density at radius 3 is 2.69 bits per heavy atom. The number of nitrogens with one attached hydrogen (secondary N) is 1. The Kier molecular flexibility index (Phi) is 5.29. The van der Waals surface area contributed by atoms with Crippen LogP contribution in [0.5, 0.6) is 5.75 Å². The van der Waals surface area contributed by atoms with Crippen LogP contribution in [0, 0.1) is 6.92 Å². The Balaban J connectivity index is 1.76. The smallest absolute Gasteiger partial charge is 0.310 e. The SMILES string of the molecule is CCC(=O)Oc1cccc(-c2nc3c(C)cccn3c2NCc2ccccc2)c1. The summed E-state index contributed by atoms with van der Waals surface area (Å²) in [5.41, 5.74) is 4.89. The zero-order valence-electron chi connectivity index (χ0n) is 16.6. The maximum absolute atomic E-state index is 11.7. The number of aromatic nitrogens is 2. The van der Waals surface area contributed by atoms with Crippen LogP contribution in [0.4, 0.5) is 5.82 Å². The Labute approximate surface area is 170 Å². The minimum absolute atomic E-state index is 0.254. The van der Waals surface area contributed by atoms with Crippen LogP contribution in [0.25, 0.3) is 16.9 Å². The number of anilines is 1. The monoisotopic (exact) mass is 385 g/mol. The molecule has 0 saturated carbocycles. The molecule has 0 aliphatic carbocycles. The van der Waals surface area contributed by atoms with Crippen LogP contribution in [0.15, 0.2) is 72.9 Å². The highest BCUT2D eigenvalue weighted by Crippen LogP contribution is 2.32. The molecule has 2 heterocycles. The molecule has 0 atom stereocenters. The van der Waals surface area contributed by atoms with Crippen molar-refractivity contribution in [1.82, 2.24) is 9.38 Å². The molecule has 146 valence electrons. The third-order valence-corrected chi connectivity index (χ3v) is 4.78. The van der Waals surface area contributed by atoms with Crippen LogP contribution in [0.1, 0.15) is 24.5 Å². The molecule has 0 amide bonds. The van der Waals surface area contributed by atoms with Crippen molar-refractivity contribution in [2.75, 3.05) is 5.32 Å². The van der Waals surface area contributed by atoms with E-state index in [1.54, 1.807) is 13.0 Å². The van der Waals surface area contributed by atoms with Gasteiger partial charge in [-0.05, 0) is 36.2 Å². The second kappa shape index (κ2) is 8.19. The van der Waals surface area contributed by atoms with Gasteiger partial charge in [0.05, 0.1) is 0 Å². The van der Waals surface area contributed by atoms with E-state index in [1.807, 2.05) is 61.7 Å². The third-order valence-electron chi connectivity index (χ3n) is 4.78. The van der Waals surface area contributed by atoms with E-state index >= 15 is 0 Å². The molecule has 0 aliphatic rings. The molecule has 0 aliphatic heterocycles. The van der Waals surface area contributed by atoms with Crippen LogP contribution in [-0.2, 0) is 11.3 Å². The molecule has 29 heavy (non-hydrogen) atoms. The van der Waals surface area contributed by atoms with Gasteiger partial charge in [0.1, 0.15) is 22.9 Å². The van der Waals surface area contributed by atoms with Gasteiger partial charge in [0.2, 0.25) is 0 Å². The first kappa shape index (κ1) is 18.7. The van der Waals surface area contributed by atoms with E-state index in [4.69, 9.17) is 9.72 Å². The van der Waals surface area contributed by atoms with E-state index in [0.717, 1.165) is 28.3 Å². The van der Waals surface area contributed by atoms with Gasteiger partial charge in [0.25, 0.3) is 0 Å². The number of nitrogens with zero attached hydrogens (tertiary/aromatic N) is 2. The summed E-state index contributed by atoms with van der Waals surface area (Å²) in [5.74, 6) is 1.18. The molecule has 4 aromatic rings. The molecule has 5 nitrogen and oxygen atoms in total. The lowest BCUT2D eigenvalue weighted by Crippen LogP contribution is -2.05. The normalized spacial score (nSPS) is 10.8. The maximum Gasteiger partial charge on any atom is 0.310 e. The van der Waals surface area contributed by atoms with E-state index in [9.17, 15) is 4.79 Å². The Morgan fingerprint density at radius 2 is 1.90 bits per heavy atom. The summed E-state index contributed by atoms with van der Waals surface area (Å²) >= 11 is 0. The van der Waals surface area contributed by atoms with Gasteiger partial charge < -0.3 is 10.1 Å². The predicted octanol–water partition coefficient (Wildman–Crippen LogP) is 5.24. The molecule has 1 N–H and O–H groups in total. The topological polar surface area (TPSA) is 55.6 Å². The van der Waals surface area contributed by atoms with E-state index in [-0.39, 0.29) is 5.97 Å². The van der Waals surface area contributed by atoms with Gasteiger partial charge >= 0.3 is 5.97 Å². The summed E-state index contributed by atoms with van der Waals surface area (Å²) in [7, 11) is 0. The number of hydrogen-bond acceptors (Lipinski definition) is 4. The molecule has 0 spiro atoms. The Morgan fingerprint density at radius 1 is 1.07 bits per heavy atom. The number of hydrogen-bond donors (Lipinski definition) is 1. The summed E-state index contributed by atoms with van der Waals surface area (Å²) in [5, 5.41) is 3.54. The van der Waals surface area contributed by atoms with Crippen molar-refractivity contribution in [1.29, 1.82) is 0 Å². The second-order valence-electron chi connectivity index (χ2n) is 6.89. The van der Waals surface area contributed by atoms with Crippen molar-refractivity contribution in [3.05, 3.63) is 84.1 Å². The molecule has 0 radical (unpaired) electrons. The fourth-order valence-corrected chi connectivity index (χ4v) is 3.27. The number of ether oxygens (including phenoxy) is 1. The first-order chi connectivity index (χ1) is 14.2. The van der Waals surface area contributed by atoms with Crippen LogP contribution in [-0.4, -0.2) is 15.4 Å². The van der Waals surface area contributed by atoms with E-state index in [1.165, 1.54) is 5.56 Å². The molecular formula is C24H23N3O2. The third kappa shape index (κ3) is 3.99. The van der Waals surface area contributed by atoms with Gasteiger partial charge in [-0.1, -0.05) is 55.5 Å². The molecule has 0 fully saturated rings. The largest absolute Gasteiger partial charge is 0.427 e. The van der Waals surface area contributed by atoms with Crippen molar-refractivity contribution < 1.29 is 9.53 Å². The van der Waals surface area contributed by atoms with Gasteiger partial charge in [0, 0.05) is 24.7 Å². The van der Waals surface area contributed by atoms with Crippen LogP contribution in [0.2, 0.25) is 0 Å². The molecule has 0 saturated heterocycles. The first-order valence-corrected chi connectivity index (χ1v) is 9.72. The van der Waals surface area contributed by atoms with Gasteiger partial charge in [-0.2, -0.15) is 0 Å². The molecule has 4 rings (SSSR count). The van der Waals surface area contributed by atoms with Crippen LogP contribution >= 0.6 is 0 Å². The summed E-state index contributed by atoms with van der Waals surface area (Å²) in [6.07, 6.45) is 2.34. The molecule has 2 aromatic carbocycles. The van der Waals surface area contributed by atoms with Crippen LogP contribution in [0.3, 0.4) is 0 Å². The average Bonchev–Trinajstić information content (AvgIpc) is 3.13. The summed E-state index contributed by atoms with van der Waals surface area (Å²) in [6, 6.07) is 21.8. The van der Waals surface area contributed by atoms with Crippen molar-refractivity contribution >= 4 is 17.4 Å². The molecule has 0 bridgehead atoms. The van der Waals surface area contributed by atoms with Gasteiger partial charge in [-0.25, -0.2) is 4.98 Å². The molecule has 0 unspecified atom stereocenters. The fraction of sp³-hybridized carbons (Fsp3) is 0.167. The number of imidazole rings is 1. The minimum atomic E-state index is -0.254. The number of benzene rings is 2. The number of carbonyl (C=O) groups excluding carboxylic acids is 1. The standard InChI is InChI=1S/C24H23N3O2/c1-3-21(28)29-20-13-7-12-19(15-20)22-24(25-16-18-10-5-4-6-11-18)27-14-8-9-17(2)23(27)26-22/h4-15,25H,3,16H2,1-2H3. The lowest BCUT2D eigenvalue weighted by atomic mass is 10.1. The molecule has 2 aromatic heterocycles. The quantitative estimate of drug-likeness (QED) is 0.364. The summed E-state index contributed by atoms with van der Waals surface area (Å²) < 4.78 is 7.47. The number of pyridine rings is 1. The summed E-state index contributed by atoms with van der Waals surface area (Å²) in [6.45, 7) is 4.51. The zero-order chi connectivity index (χ0) is 20.2. The maximum atomic E-state index is 11.7. The van der Waals surface area contributed by atoms with E-state index in [2.05, 4.69) is 21.9 Å². The highest BCUT2D eigenvalue weighted by Gasteiger charge is 2.16. The second-order valence-corrected chi connectivity index (χ2v) is 6.89. The zero-order valence-corrected chi connectivity index (χ0v) is 16.6. The van der Waals surface area contributed by atoms with Crippen molar-refractivity contribution in [3.63, 3.8) is 0 Å². The van der Waals surface area contributed by atoms with E-state index in [0.29, 0.717) is 18.7 Å². The molecule has 5 heteroatoms. The van der Waals surface area contributed by atoms with Gasteiger partial charge in [0.15, 0.2) is 0 Å². The highest BCUT2D eigenvalue weighted by molar-refractivity contribution is 5.79. The van der Waals surface area contributed by atoms with Crippen LogP contribution < -0.4 is 10.1 Å². The fourth-order valence-electron chi connectivity index (χ4n) is 3.27. The number of carbonyl (C=O) groups is 1. The molecular weight excluding hydrogens is 362 g/mol. The van der Waals surface area contributed by atoms with Crippen molar-refractivity contribution in [3.8, 4) is 17.0 Å². The average molecular weight is 385 g/mol. The number of rotatable bonds is 6. The Bertz CT molecular complexity index is 1150. The lowest BCUT2D eigenvalue weighted by molar-refractivity contribution is -0.134. The Hall–Kier alpha value is -3.60. The minimum Gasteiger partial charge on any atom is -0.427 e. The predicted molar refractivity (Wildman–Crippen MR) is 115 cm³/mol. The lowest BCUT2D eigenvalue weighted by Gasteiger charge is -2.10. The number of fused-ring (bicyclic) bond motifs is 1. The first-order valence-electron chi connectivity index (χ1n) is 9.72. The summed E-state index contributed by atoms with van der Waals surface area (Å²) in [4.78, 5) is 16.6. The van der Waals surface area contributed by atoms with Gasteiger partial charge in [-0.15, -0.1) is 0 Å².